The third-order valence-electron chi connectivity index (χ3n) is 2.17. The molecular weight excluding hydrogens is 164 g/mol. The first-order chi connectivity index (χ1) is 6.28. The van der Waals surface area contributed by atoms with Gasteiger partial charge in [0.1, 0.15) is 6.29 Å². The van der Waals surface area contributed by atoms with Crippen molar-refractivity contribution in [1.29, 1.82) is 0 Å². The van der Waals surface area contributed by atoms with E-state index < -0.39 is 0 Å². The predicted octanol–water partition coefficient (Wildman–Crippen LogP) is 0.575. The molecule has 0 aromatic rings. The van der Waals surface area contributed by atoms with E-state index >= 15 is 0 Å². The molecule has 0 radical (unpaired) electrons. The van der Waals surface area contributed by atoms with E-state index in [9.17, 15) is 4.79 Å². The summed E-state index contributed by atoms with van der Waals surface area (Å²) < 4.78 is 0. The van der Waals surface area contributed by atoms with Gasteiger partial charge in [-0.05, 0) is 33.5 Å². The summed E-state index contributed by atoms with van der Waals surface area (Å²) in [5.74, 6) is 0.128. The van der Waals surface area contributed by atoms with Crippen molar-refractivity contribution in [3.63, 3.8) is 0 Å². The second-order valence-corrected chi connectivity index (χ2v) is 3.15. The van der Waals surface area contributed by atoms with Gasteiger partial charge in [0, 0.05) is 12.0 Å². The van der Waals surface area contributed by atoms with Crippen LogP contribution >= 0.6 is 0 Å². The Morgan fingerprint density at radius 1 is 1.46 bits per heavy atom. The zero-order chi connectivity index (χ0) is 10.1. The third-order valence-corrected chi connectivity index (χ3v) is 2.17. The molecule has 3 nitrogen and oxygen atoms in total. The maximum absolute atomic E-state index is 10.7. The Bertz CT molecular complexity index is 148. The van der Waals surface area contributed by atoms with Gasteiger partial charge in [-0.3, -0.25) is 0 Å². The summed E-state index contributed by atoms with van der Waals surface area (Å²) in [6.07, 6.45) is 4.61. The molecule has 0 aromatic carbocycles. The van der Waals surface area contributed by atoms with Crippen molar-refractivity contribution >= 4 is 6.29 Å². The molecule has 3 heteroatoms. The maximum Gasteiger partial charge on any atom is 0.123 e. The van der Waals surface area contributed by atoms with Crippen molar-refractivity contribution in [3.05, 3.63) is 12.7 Å². The number of carbonyl (C=O) groups excluding carboxylic acids is 1. The van der Waals surface area contributed by atoms with Gasteiger partial charge in [0.2, 0.25) is 0 Å². The summed E-state index contributed by atoms with van der Waals surface area (Å²) in [7, 11) is 3.77. The average molecular weight is 184 g/mol. The van der Waals surface area contributed by atoms with E-state index in [4.69, 9.17) is 0 Å². The van der Waals surface area contributed by atoms with Crippen LogP contribution in [0, 0.1) is 5.92 Å². The zero-order valence-electron chi connectivity index (χ0n) is 8.55. The average Bonchev–Trinajstić information content (AvgIpc) is 2.19. The SMILES string of the molecule is C=CC(CC(C=O)CCNC)NC. The number of aldehydes is 1. The van der Waals surface area contributed by atoms with Crippen LogP contribution in [-0.2, 0) is 4.79 Å². The standard InChI is InChI=1S/C10H20N2O/c1-4-10(12-3)7-9(8-13)5-6-11-2/h4,8-12H,1,5-7H2,2-3H3. The number of hydrogen-bond donors (Lipinski definition) is 2. The smallest absolute Gasteiger partial charge is 0.123 e. The Morgan fingerprint density at radius 3 is 2.54 bits per heavy atom. The summed E-state index contributed by atoms with van der Waals surface area (Å²) in [4.78, 5) is 10.7. The van der Waals surface area contributed by atoms with Gasteiger partial charge in [-0.2, -0.15) is 0 Å². The Labute approximate surface area is 80.6 Å². The van der Waals surface area contributed by atoms with Crippen molar-refractivity contribution in [2.75, 3.05) is 20.6 Å². The van der Waals surface area contributed by atoms with Gasteiger partial charge in [-0.15, -0.1) is 6.58 Å². The molecule has 0 aliphatic rings. The minimum absolute atomic E-state index is 0.128. The van der Waals surface area contributed by atoms with Crippen molar-refractivity contribution in [1.82, 2.24) is 10.6 Å². The summed E-state index contributed by atoms with van der Waals surface area (Å²) in [6, 6.07) is 0.243. The lowest BCUT2D eigenvalue weighted by Gasteiger charge is -2.15. The number of hydrogen-bond acceptors (Lipinski definition) is 3. The van der Waals surface area contributed by atoms with Crippen molar-refractivity contribution in [2.24, 2.45) is 5.92 Å². The highest BCUT2D eigenvalue weighted by molar-refractivity contribution is 5.53. The first-order valence-corrected chi connectivity index (χ1v) is 4.68. The van der Waals surface area contributed by atoms with Gasteiger partial charge < -0.3 is 15.4 Å². The fraction of sp³-hybridized carbons (Fsp3) is 0.700. The van der Waals surface area contributed by atoms with Gasteiger partial charge in [0.15, 0.2) is 0 Å². The summed E-state index contributed by atoms with van der Waals surface area (Å²) in [6.45, 7) is 4.59. The van der Waals surface area contributed by atoms with Crippen molar-refractivity contribution < 1.29 is 4.79 Å². The highest BCUT2D eigenvalue weighted by Crippen LogP contribution is 2.08. The predicted molar refractivity (Wildman–Crippen MR) is 55.8 cm³/mol. The molecular formula is C10H20N2O. The molecule has 0 rings (SSSR count). The van der Waals surface area contributed by atoms with Crippen LogP contribution in [0.2, 0.25) is 0 Å². The van der Waals surface area contributed by atoms with Crippen LogP contribution in [0.5, 0.6) is 0 Å². The molecule has 0 bridgehead atoms. The lowest BCUT2D eigenvalue weighted by atomic mass is 9.98. The largest absolute Gasteiger partial charge is 0.320 e. The zero-order valence-corrected chi connectivity index (χ0v) is 8.55. The number of likely N-dealkylation sites (N-methyl/N-ethyl adjacent to an activating group) is 1. The molecule has 0 saturated carbocycles. The third kappa shape index (κ3) is 5.55. The Balaban J connectivity index is 3.80. The molecule has 2 unspecified atom stereocenters. The molecule has 76 valence electrons. The first-order valence-electron chi connectivity index (χ1n) is 4.68. The van der Waals surface area contributed by atoms with Gasteiger partial charge in [-0.1, -0.05) is 6.08 Å². The lowest BCUT2D eigenvalue weighted by Crippen LogP contribution is -2.27. The molecule has 13 heavy (non-hydrogen) atoms. The van der Waals surface area contributed by atoms with Crippen LogP contribution in [-0.4, -0.2) is 33.0 Å². The second-order valence-electron chi connectivity index (χ2n) is 3.15. The van der Waals surface area contributed by atoms with E-state index in [2.05, 4.69) is 17.2 Å². The van der Waals surface area contributed by atoms with Crippen molar-refractivity contribution in [2.45, 2.75) is 18.9 Å². The molecule has 0 aliphatic heterocycles. The Kier molecular flexibility index (Phi) is 7.54. The van der Waals surface area contributed by atoms with E-state index in [1.807, 2.05) is 20.2 Å². The molecule has 0 spiro atoms. The molecule has 0 aromatic heterocycles. The fourth-order valence-electron chi connectivity index (χ4n) is 1.23. The van der Waals surface area contributed by atoms with Crippen LogP contribution in [0.25, 0.3) is 0 Å². The minimum Gasteiger partial charge on any atom is -0.320 e. The topological polar surface area (TPSA) is 41.1 Å². The van der Waals surface area contributed by atoms with Crippen LogP contribution in [0.15, 0.2) is 12.7 Å². The molecule has 0 fully saturated rings. The quantitative estimate of drug-likeness (QED) is 0.428. The summed E-state index contributed by atoms with van der Waals surface area (Å²) in [5, 5.41) is 6.13. The van der Waals surface area contributed by atoms with Gasteiger partial charge in [0.25, 0.3) is 0 Å². The minimum atomic E-state index is 0.128. The molecule has 2 N–H and O–H groups in total. The normalized spacial score (nSPS) is 14.9. The summed E-state index contributed by atoms with van der Waals surface area (Å²) in [5.41, 5.74) is 0. The van der Waals surface area contributed by atoms with Crippen LogP contribution in [0.1, 0.15) is 12.8 Å². The van der Waals surface area contributed by atoms with Gasteiger partial charge in [0.05, 0.1) is 0 Å². The summed E-state index contributed by atoms with van der Waals surface area (Å²) >= 11 is 0. The molecule has 0 heterocycles. The fourth-order valence-corrected chi connectivity index (χ4v) is 1.23. The lowest BCUT2D eigenvalue weighted by molar-refractivity contribution is -0.111. The highest BCUT2D eigenvalue weighted by atomic mass is 16.1. The second kappa shape index (κ2) is 7.95. The van der Waals surface area contributed by atoms with E-state index in [-0.39, 0.29) is 12.0 Å². The van der Waals surface area contributed by atoms with Crippen LogP contribution in [0.4, 0.5) is 0 Å². The van der Waals surface area contributed by atoms with E-state index in [0.717, 1.165) is 25.7 Å². The monoisotopic (exact) mass is 184 g/mol. The maximum atomic E-state index is 10.7. The van der Waals surface area contributed by atoms with Gasteiger partial charge in [-0.25, -0.2) is 0 Å². The van der Waals surface area contributed by atoms with Gasteiger partial charge >= 0.3 is 0 Å². The number of nitrogens with one attached hydrogen (secondary N) is 2. The highest BCUT2D eigenvalue weighted by Gasteiger charge is 2.11. The van der Waals surface area contributed by atoms with Crippen LogP contribution < -0.4 is 10.6 Å². The van der Waals surface area contributed by atoms with E-state index in [1.165, 1.54) is 0 Å². The molecule has 2 atom stereocenters. The molecule has 0 amide bonds. The first kappa shape index (κ1) is 12.3. The molecule has 0 saturated heterocycles. The molecule has 0 aliphatic carbocycles. The van der Waals surface area contributed by atoms with E-state index in [1.54, 1.807) is 0 Å². The Morgan fingerprint density at radius 2 is 2.15 bits per heavy atom. The number of carbonyl (C=O) groups is 1. The van der Waals surface area contributed by atoms with Crippen molar-refractivity contribution in [3.8, 4) is 0 Å². The van der Waals surface area contributed by atoms with E-state index in [0.29, 0.717) is 0 Å². The Hall–Kier alpha value is -0.670. The number of rotatable bonds is 8. The van der Waals surface area contributed by atoms with Crippen LogP contribution in [0.3, 0.4) is 0 Å².